The van der Waals surface area contributed by atoms with Crippen LogP contribution < -0.4 is 5.73 Å². The smallest absolute Gasteiger partial charge is 0.0956 e. The standard InChI is InChI=1S/C8H11N3/c1-2-5-11-7-10-6-8(11)3-4-9/h1,6-7H,3-5,9H2. The summed E-state index contributed by atoms with van der Waals surface area (Å²) in [6.07, 6.45) is 9.51. The molecule has 0 radical (unpaired) electrons. The maximum absolute atomic E-state index is 5.39. The first-order valence-corrected chi connectivity index (χ1v) is 3.51. The Bertz CT molecular complexity index is 257. The highest BCUT2D eigenvalue weighted by Crippen LogP contribution is 1.98. The SMILES string of the molecule is C#CCn1cncc1CCN. The predicted molar refractivity (Wildman–Crippen MR) is 43.8 cm³/mol. The van der Waals surface area contributed by atoms with Gasteiger partial charge in [-0.15, -0.1) is 6.42 Å². The molecule has 0 saturated carbocycles. The molecule has 0 atom stereocenters. The molecule has 11 heavy (non-hydrogen) atoms. The first-order chi connectivity index (χ1) is 5.38. The number of aromatic nitrogens is 2. The third-order valence-corrected chi connectivity index (χ3v) is 1.46. The van der Waals surface area contributed by atoms with Crippen molar-refractivity contribution in [1.29, 1.82) is 0 Å². The lowest BCUT2D eigenvalue weighted by Gasteiger charge is -2.00. The molecule has 1 aromatic heterocycles. The van der Waals surface area contributed by atoms with Gasteiger partial charge in [0.05, 0.1) is 12.9 Å². The maximum Gasteiger partial charge on any atom is 0.0956 e. The summed E-state index contributed by atoms with van der Waals surface area (Å²) in [7, 11) is 0. The van der Waals surface area contributed by atoms with Crippen LogP contribution >= 0.6 is 0 Å². The Labute approximate surface area is 66.2 Å². The predicted octanol–water partition coefficient (Wildman–Crippen LogP) is 0.0175. The maximum atomic E-state index is 5.39. The molecule has 0 unspecified atom stereocenters. The van der Waals surface area contributed by atoms with Crippen molar-refractivity contribution in [1.82, 2.24) is 9.55 Å². The van der Waals surface area contributed by atoms with E-state index in [9.17, 15) is 0 Å². The van der Waals surface area contributed by atoms with E-state index in [0.29, 0.717) is 13.1 Å². The highest BCUT2D eigenvalue weighted by Gasteiger charge is 1.97. The molecule has 0 aromatic carbocycles. The minimum atomic E-state index is 0.579. The molecule has 0 fully saturated rings. The second-order valence-corrected chi connectivity index (χ2v) is 2.26. The van der Waals surface area contributed by atoms with Crippen molar-refractivity contribution in [2.75, 3.05) is 6.54 Å². The molecule has 0 saturated heterocycles. The van der Waals surface area contributed by atoms with Crippen molar-refractivity contribution in [3.63, 3.8) is 0 Å². The van der Waals surface area contributed by atoms with Gasteiger partial charge >= 0.3 is 0 Å². The van der Waals surface area contributed by atoms with Gasteiger partial charge in [0, 0.05) is 18.3 Å². The van der Waals surface area contributed by atoms with Gasteiger partial charge in [0.2, 0.25) is 0 Å². The van der Waals surface area contributed by atoms with Gasteiger partial charge in [-0.05, 0) is 6.54 Å². The second kappa shape index (κ2) is 3.79. The third kappa shape index (κ3) is 1.82. The summed E-state index contributed by atoms with van der Waals surface area (Å²) in [4.78, 5) is 3.97. The summed E-state index contributed by atoms with van der Waals surface area (Å²) in [6.45, 7) is 1.21. The zero-order valence-electron chi connectivity index (χ0n) is 6.33. The van der Waals surface area contributed by atoms with Gasteiger partial charge in [-0.2, -0.15) is 0 Å². The van der Waals surface area contributed by atoms with Gasteiger partial charge in [-0.25, -0.2) is 4.98 Å². The van der Waals surface area contributed by atoms with Crippen LogP contribution in [0.2, 0.25) is 0 Å². The largest absolute Gasteiger partial charge is 0.330 e. The fourth-order valence-corrected chi connectivity index (χ4v) is 0.945. The van der Waals surface area contributed by atoms with Crippen LogP contribution in [0.4, 0.5) is 0 Å². The molecule has 0 aliphatic heterocycles. The van der Waals surface area contributed by atoms with Crippen LogP contribution in [0, 0.1) is 12.3 Å². The Morgan fingerprint density at radius 1 is 1.73 bits per heavy atom. The molecule has 0 spiro atoms. The first-order valence-electron chi connectivity index (χ1n) is 3.51. The monoisotopic (exact) mass is 149 g/mol. The Kier molecular flexibility index (Phi) is 2.70. The van der Waals surface area contributed by atoms with E-state index < -0.39 is 0 Å². The molecule has 58 valence electrons. The van der Waals surface area contributed by atoms with E-state index >= 15 is 0 Å². The zero-order chi connectivity index (χ0) is 8.10. The van der Waals surface area contributed by atoms with Crippen LogP contribution in [0.3, 0.4) is 0 Å². The van der Waals surface area contributed by atoms with E-state index in [0.717, 1.165) is 12.1 Å². The van der Waals surface area contributed by atoms with Gasteiger partial charge in [-0.3, -0.25) is 0 Å². The molecular weight excluding hydrogens is 138 g/mol. The average Bonchev–Trinajstić information content (AvgIpc) is 2.39. The summed E-state index contributed by atoms with van der Waals surface area (Å²) >= 11 is 0. The number of terminal acetylenes is 1. The summed E-state index contributed by atoms with van der Waals surface area (Å²) < 4.78 is 1.92. The molecule has 0 aliphatic rings. The quantitative estimate of drug-likeness (QED) is 0.615. The van der Waals surface area contributed by atoms with Gasteiger partial charge in [-0.1, -0.05) is 5.92 Å². The number of hydrogen-bond donors (Lipinski definition) is 1. The topological polar surface area (TPSA) is 43.8 Å². The van der Waals surface area contributed by atoms with Gasteiger partial charge < -0.3 is 10.3 Å². The van der Waals surface area contributed by atoms with Gasteiger partial charge in [0.1, 0.15) is 0 Å². The Morgan fingerprint density at radius 2 is 2.55 bits per heavy atom. The first kappa shape index (κ1) is 7.83. The van der Waals surface area contributed by atoms with Crippen LogP contribution in [0.5, 0.6) is 0 Å². The van der Waals surface area contributed by atoms with Crippen LogP contribution in [0.1, 0.15) is 5.69 Å². The fraction of sp³-hybridized carbons (Fsp3) is 0.375. The summed E-state index contributed by atoms with van der Waals surface area (Å²) in [5, 5.41) is 0. The average molecular weight is 149 g/mol. The molecule has 3 nitrogen and oxygen atoms in total. The normalized spacial score (nSPS) is 9.45. The van der Waals surface area contributed by atoms with Crippen molar-refractivity contribution in [2.45, 2.75) is 13.0 Å². The lowest BCUT2D eigenvalue weighted by molar-refractivity contribution is 0.761. The molecule has 0 amide bonds. The Morgan fingerprint density at radius 3 is 3.18 bits per heavy atom. The van der Waals surface area contributed by atoms with E-state index in [1.165, 1.54) is 0 Å². The molecule has 1 aromatic rings. The molecule has 0 aliphatic carbocycles. The minimum absolute atomic E-state index is 0.579. The molecular formula is C8H11N3. The highest BCUT2D eigenvalue weighted by atomic mass is 15.0. The summed E-state index contributed by atoms with van der Waals surface area (Å²) in [5.74, 6) is 2.55. The number of nitrogens with zero attached hydrogens (tertiary/aromatic N) is 2. The van der Waals surface area contributed by atoms with E-state index in [-0.39, 0.29) is 0 Å². The Hall–Kier alpha value is -1.27. The lowest BCUT2D eigenvalue weighted by atomic mass is 10.3. The minimum Gasteiger partial charge on any atom is -0.330 e. The number of nitrogens with two attached hydrogens (primary N) is 1. The van der Waals surface area contributed by atoms with E-state index in [2.05, 4.69) is 10.9 Å². The summed E-state index contributed by atoms with van der Waals surface area (Å²) in [5.41, 5.74) is 6.49. The Balaban J connectivity index is 2.71. The van der Waals surface area contributed by atoms with Crippen molar-refractivity contribution >= 4 is 0 Å². The van der Waals surface area contributed by atoms with Crippen LogP contribution in [0.25, 0.3) is 0 Å². The second-order valence-electron chi connectivity index (χ2n) is 2.26. The zero-order valence-corrected chi connectivity index (χ0v) is 6.33. The van der Waals surface area contributed by atoms with E-state index in [4.69, 9.17) is 12.2 Å². The van der Waals surface area contributed by atoms with Crippen LogP contribution in [-0.4, -0.2) is 16.1 Å². The molecule has 0 bridgehead atoms. The van der Waals surface area contributed by atoms with Crippen LogP contribution in [0.15, 0.2) is 12.5 Å². The van der Waals surface area contributed by atoms with Crippen molar-refractivity contribution in [2.24, 2.45) is 5.73 Å². The lowest BCUT2D eigenvalue weighted by Crippen LogP contribution is -2.07. The van der Waals surface area contributed by atoms with Crippen LogP contribution in [-0.2, 0) is 13.0 Å². The molecule has 1 rings (SSSR count). The van der Waals surface area contributed by atoms with E-state index in [1.54, 1.807) is 12.5 Å². The van der Waals surface area contributed by atoms with Gasteiger partial charge in [0.15, 0.2) is 0 Å². The van der Waals surface area contributed by atoms with Crippen molar-refractivity contribution in [3.05, 3.63) is 18.2 Å². The summed E-state index contributed by atoms with van der Waals surface area (Å²) in [6, 6.07) is 0. The highest BCUT2D eigenvalue weighted by molar-refractivity contribution is 5.01. The molecule has 3 heteroatoms. The fourth-order valence-electron chi connectivity index (χ4n) is 0.945. The number of hydrogen-bond acceptors (Lipinski definition) is 2. The van der Waals surface area contributed by atoms with Crippen molar-refractivity contribution < 1.29 is 0 Å². The van der Waals surface area contributed by atoms with Crippen molar-refractivity contribution in [3.8, 4) is 12.3 Å². The number of imidazole rings is 1. The molecule has 1 heterocycles. The van der Waals surface area contributed by atoms with Gasteiger partial charge in [0.25, 0.3) is 0 Å². The number of rotatable bonds is 3. The molecule has 2 N–H and O–H groups in total. The third-order valence-electron chi connectivity index (χ3n) is 1.46. The van der Waals surface area contributed by atoms with E-state index in [1.807, 2.05) is 4.57 Å².